The molecular weight excluding hydrogens is 277 g/mol. The summed E-state index contributed by atoms with van der Waals surface area (Å²) < 4.78 is 37.7. The predicted octanol–water partition coefficient (Wildman–Crippen LogP) is 4.19. The van der Waals surface area contributed by atoms with E-state index in [1.165, 1.54) is 12.1 Å². The van der Waals surface area contributed by atoms with E-state index in [1.807, 2.05) is 30.3 Å². The molecule has 1 aliphatic rings. The summed E-state index contributed by atoms with van der Waals surface area (Å²) in [5, 5.41) is 9.47. The van der Waals surface area contributed by atoms with Crippen molar-refractivity contribution in [2.45, 2.75) is 18.0 Å². The summed E-state index contributed by atoms with van der Waals surface area (Å²) in [5.41, 5.74) is 1.35. The average molecular weight is 292 g/mol. The van der Waals surface area contributed by atoms with Crippen LogP contribution in [0, 0.1) is 5.92 Å². The fourth-order valence-electron chi connectivity index (χ4n) is 3.08. The second kappa shape index (κ2) is 5.19. The molecule has 4 heteroatoms. The van der Waals surface area contributed by atoms with Crippen LogP contribution in [0.15, 0.2) is 54.6 Å². The number of rotatable bonds is 3. The Morgan fingerprint density at radius 2 is 1.33 bits per heavy atom. The van der Waals surface area contributed by atoms with E-state index >= 15 is 0 Å². The molecule has 0 radical (unpaired) electrons. The van der Waals surface area contributed by atoms with Gasteiger partial charge in [0.15, 0.2) is 0 Å². The van der Waals surface area contributed by atoms with Crippen LogP contribution in [-0.4, -0.2) is 11.7 Å². The fourth-order valence-corrected chi connectivity index (χ4v) is 3.08. The highest BCUT2D eigenvalue weighted by atomic mass is 19.4. The lowest BCUT2D eigenvalue weighted by molar-refractivity contribution is -0.137. The van der Waals surface area contributed by atoms with Gasteiger partial charge in [-0.1, -0.05) is 42.5 Å². The first-order valence-corrected chi connectivity index (χ1v) is 6.85. The Bertz CT molecular complexity index is 604. The summed E-state index contributed by atoms with van der Waals surface area (Å²) in [7, 11) is 0. The van der Waals surface area contributed by atoms with Gasteiger partial charge in [-0.15, -0.1) is 0 Å². The van der Waals surface area contributed by atoms with Crippen LogP contribution in [0.1, 0.15) is 28.5 Å². The highest BCUT2D eigenvalue weighted by Gasteiger charge is 2.51. The third-order valence-electron chi connectivity index (χ3n) is 4.19. The summed E-state index contributed by atoms with van der Waals surface area (Å²) in [4.78, 5) is 0. The van der Waals surface area contributed by atoms with Crippen LogP contribution < -0.4 is 0 Å². The lowest BCUT2D eigenvalue weighted by atomic mass is 10.0. The number of hydrogen-bond donors (Lipinski definition) is 1. The van der Waals surface area contributed by atoms with Gasteiger partial charge in [0.25, 0.3) is 0 Å². The summed E-state index contributed by atoms with van der Waals surface area (Å²) in [5.74, 6) is 0.372. The standard InChI is InChI=1S/C17H15F3O/c18-17(19,20)13-8-6-12(7-9-13)16-14(10-21)15(16)11-4-2-1-3-5-11/h1-9,14-16,21H,10H2/t14-,15+,16-/m0/s1. The van der Waals surface area contributed by atoms with E-state index in [4.69, 9.17) is 0 Å². The molecule has 0 heterocycles. The van der Waals surface area contributed by atoms with E-state index in [0.717, 1.165) is 23.3 Å². The smallest absolute Gasteiger partial charge is 0.396 e. The third kappa shape index (κ3) is 2.68. The van der Waals surface area contributed by atoms with Gasteiger partial charge in [-0.2, -0.15) is 13.2 Å². The van der Waals surface area contributed by atoms with Gasteiger partial charge in [0.2, 0.25) is 0 Å². The van der Waals surface area contributed by atoms with Gasteiger partial charge >= 0.3 is 6.18 Å². The molecular formula is C17H15F3O. The number of aliphatic hydroxyl groups is 1. The molecule has 0 unspecified atom stereocenters. The van der Waals surface area contributed by atoms with E-state index in [9.17, 15) is 18.3 Å². The number of benzene rings is 2. The van der Waals surface area contributed by atoms with Crippen molar-refractivity contribution in [3.05, 3.63) is 71.3 Å². The van der Waals surface area contributed by atoms with Gasteiger partial charge in [-0.05, 0) is 41.0 Å². The summed E-state index contributed by atoms with van der Waals surface area (Å²) in [6.45, 7) is 0.0469. The zero-order valence-corrected chi connectivity index (χ0v) is 11.2. The zero-order valence-electron chi connectivity index (χ0n) is 11.2. The fraction of sp³-hybridized carbons (Fsp3) is 0.294. The third-order valence-corrected chi connectivity index (χ3v) is 4.19. The monoisotopic (exact) mass is 292 g/mol. The summed E-state index contributed by atoms with van der Waals surface area (Å²) in [6, 6.07) is 15.1. The van der Waals surface area contributed by atoms with Gasteiger partial charge in [-0.25, -0.2) is 0 Å². The molecule has 3 atom stereocenters. The lowest BCUT2D eigenvalue weighted by Crippen LogP contribution is -2.04. The number of halogens is 3. The predicted molar refractivity (Wildman–Crippen MR) is 73.9 cm³/mol. The van der Waals surface area contributed by atoms with Crippen molar-refractivity contribution in [3.63, 3.8) is 0 Å². The van der Waals surface area contributed by atoms with E-state index in [0.29, 0.717) is 0 Å². The van der Waals surface area contributed by atoms with Crippen LogP contribution in [0.3, 0.4) is 0 Å². The zero-order chi connectivity index (χ0) is 15.0. The minimum Gasteiger partial charge on any atom is -0.396 e. The molecule has 1 fully saturated rings. The van der Waals surface area contributed by atoms with Gasteiger partial charge in [0.05, 0.1) is 5.56 Å². The van der Waals surface area contributed by atoms with Gasteiger partial charge in [0, 0.05) is 6.61 Å². The van der Waals surface area contributed by atoms with Crippen LogP contribution in [0.25, 0.3) is 0 Å². The average Bonchev–Trinajstić information content (AvgIpc) is 3.22. The van der Waals surface area contributed by atoms with Crippen molar-refractivity contribution in [1.29, 1.82) is 0 Å². The van der Waals surface area contributed by atoms with Crippen molar-refractivity contribution in [1.82, 2.24) is 0 Å². The van der Waals surface area contributed by atoms with Crippen molar-refractivity contribution in [2.24, 2.45) is 5.92 Å². The van der Waals surface area contributed by atoms with E-state index in [1.54, 1.807) is 0 Å². The van der Waals surface area contributed by atoms with E-state index < -0.39 is 11.7 Å². The quantitative estimate of drug-likeness (QED) is 0.899. The number of alkyl halides is 3. The summed E-state index contributed by atoms with van der Waals surface area (Å²) in [6.07, 6.45) is -4.31. The molecule has 0 amide bonds. The first-order valence-electron chi connectivity index (χ1n) is 6.85. The Balaban J connectivity index is 1.84. The molecule has 3 rings (SSSR count). The molecule has 2 aromatic carbocycles. The maximum Gasteiger partial charge on any atom is 0.416 e. The number of aliphatic hydroxyl groups excluding tert-OH is 1. The first-order chi connectivity index (χ1) is 10.0. The van der Waals surface area contributed by atoms with Gasteiger partial charge in [-0.3, -0.25) is 0 Å². The molecule has 1 saturated carbocycles. The Kier molecular flexibility index (Phi) is 3.49. The molecule has 0 aromatic heterocycles. The summed E-state index contributed by atoms with van der Waals surface area (Å²) >= 11 is 0. The Morgan fingerprint density at radius 3 is 1.81 bits per heavy atom. The molecule has 0 saturated heterocycles. The topological polar surface area (TPSA) is 20.2 Å². The molecule has 0 aliphatic heterocycles. The maximum atomic E-state index is 12.6. The van der Waals surface area contributed by atoms with Gasteiger partial charge < -0.3 is 5.11 Å². The van der Waals surface area contributed by atoms with Crippen LogP contribution >= 0.6 is 0 Å². The molecule has 2 aromatic rings. The maximum absolute atomic E-state index is 12.6. The van der Waals surface area contributed by atoms with E-state index in [2.05, 4.69) is 0 Å². The lowest BCUT2D eigenvalue weighted by Gasteiger charge is -2.07. The second-order valence-corrected chi connectivity index (χ2v) is 5.43. The SMILES string of the molecule is OC[C@H]1[C@@H](c2ccccc2)[C@H]1c1ccc(C(F)(F)F)cc1. The highest BCUT2D eigenvalue weighted by Crippen LogP contribution is 2.60. The van der Waals surface area contributed by atoms with Crippen molar-refractivity contribution in [2.75, 3.05) is 6.61 Å². The molecule has 1 nitrogen and oxygen atoms in total. The molecule has 110 valence electrons. The Labute approximate surface area is 121 Å². The van der Waals surface area contributed by atoms with Crippen LogP contribution in [0.2, 0.25) is 0 Å². The normalized spacial score (nSPS) is 24.9. The van der Waals surface area contributed by atoms with Crippen molar-refractivity contribution < 1.29 is 18.3 Å². The van der Waals surface area contributed by atoms with Crippen molar-refractivity contribution in [3.8, 4) is 0 Å². The first kappa shape index (κ1) is 14.1. The number of hydrogen-bond acceptors (Lipinski definition) is 1. The van der Waals surface area contributed by atoms with Gasteiger partial charge in [0.1, 0.15) is 0 Å². The molecule has 1 aliphatic carbocycles. The molecule has 1 N–H and O–H groups in total. The van der Waals surface area contributed by atoms with Crippen molar-refractivity contribution >= 4 is 0 Å². The highest BCUT2D eigenvalue weighted by molar-refractivity contribution is 5.40. The molecule has 0 bridgehead atoms. The van der Waals surface area contributed by atoms with Crippen LogP contribution in [-0.2, 0) is 6.18 Å². The largest absolute Gasteiger partial charge is 0.416 e. The van der Waals surface area contributed by atoms with E-state index in [-0.39, 0.29) is 24.4 Å². The van der Waals surface area contributed by atoms with Crippen LogP contribution in [0.4, 0.5) is 13.2 Å². The Hall–Kier alpha value is -1.81. The Morgan fingerprint density at radius 1 is 0.810 bits per heavy atom. The molecule has 0 spiro atoms. The molecule has 21 heavy (non-hydrogen) atoms. The minimum absolute atomic E-state index is 0.0469. The van der Waals surface area contributed by atoms with Crippen LogP contribution in [0.5, 0.6) is 0 Å². The second-order valence-electron chi connectivity index (χ2n) is 5.43. The minimum atomic E-state index is -4.31.